The summed E-state index contributed by atoms with van der Waals surface area (Å²) in [5, 5.41) is 3.20. The number of anilines is 2. The first kappa shape index (κ1) is 10.1. The maximum atomic E-state index is 13.1. The number of halogens is 1. The minimum atomic E-state index is -0.196. The van der Waals surface area contributed by atoms with E-state index >= 15 is 0 Å². The largest absolute Gasteiger partial charge is 0.366 e. The van der Waals surface area contributed by atoms with Crippen molar-refractivity contribution in [3.63, 3.8) is 0 Å². The van der Waals surface area contributed by atoms with Crippen molar-refractivity contribution in [2.45, 2.75) is 6.54 Å². The maximum absolute atomic E-state index is 13.1. The molecule has 0 bridgehead atoms. The van der Waals surface area contributed by atoms with Crippen LogP contribution in [0.15, 0.2) is 48.5 Å². The molecule has 1 heterocycles. The third-order valence-electron chi connectivity index (χ3n) is 2.98. The molecule has 17 heavy (non-hydrogen) atoms. The fourth-order valence-electron chi connectivity index (χ4n) is 2.14. The SMILES string of the molecule is Fc1ccc2c(c1)NCN2Cc1ccccc1. The number of nitrogens with one attached hydrogen (secondary N) is 1. The summed E-state index contributed by atoms with van der Waals surface area (Å²) in [6.07, 6.45) is 0. The van der Waals surface area contributed by atoms with Crippen LogP contribution < -0.4 is 10.2 Å². The van der Waals surface area contributed by atoms with Crippen molar-refractivity contribution in [3.8, 4) is 0 Å². The van der Waals surface area contributed by atoms with E-state index in [9.17, 15) is 4.39 Å². The molecule has 0 atom stereocenters. The van der Waals surface area contributed by atoms with Gasteiger partial charge < -0.3 is 10.2 Å². The van der Waals surface area contributed by atoms with Gasteiger partial charge in [-0.3, -0.25) is 0 Å². The molecule has 1 aliphatic heterocycles. The molecule has 2 nitrogen and oxygen atoms in total. The molecule has 0 saturated heterocycles. The Bertz CT molecular complexity index is 525. The first-order valence-corrected chi connectivity index (χ1v) is 5.65. The summed E-state index contributed by atoms with van der Waals surface area (Å²) < 4.78 is 13.1. The second kappa shape index (κ2) is 4.09. The molecule has 0 aliphatic carbocycles. The predicted octanol–water partition coefficient (Wildman–Crippen LogP) is 3.22. The lowest BCUT2D eigenvalue weighted by Crippen LogP contribution is -2.21. The molecule has 0 radical (unpaired) electrons. The van der Waals surface area contributed by atoms with Crippen molar-refractivity contribution in [1.29, 1.82) is 0 Å². The monoisotopic (exact) mass is 228 g/mol. The quantitative estimate of drug-likeness (QED) is 0.849. The highest BCUT2D eigenvalue weighted by Gasteiger charge is 2.18. The van der Waals surface area contributed by atoms with E-state index in [2.05, 4.69) is 22.3 Å². The molecule has 0 saturated carbocycles. The van der Waals surface area contributed by atoms with Crippen LogP contribution in [0.25, 0.3) is 0 Å². The number of rotatable bonds is 2. The number of fused-ring (bicyclic) bond motifs is 1. The van der Waals surface area contributed by atoms with Gasteiger partial charge in [0.2, 0.25) is 0 Å². The summed E-state index contributed by atoms with van der Waals surface area (Å²) in [4.78, 5) is 2.20. The molecule has 0 fully saturated rings. The van der Waals surface area contributed by atoms with Crippen LogP contribution in [-0.2, 0) is 6.54 Å². The Morgan fingerprint density at radius 1 is 1.12 bits per heavy atom. The van der Waals surface area contributed by atoms with Crippen molar-refractivity contribution in [1.82, 2.24) is 0 Å². The third-order valence-corrected chi connectivity index (χ3v) is 2.98. The Balaban J connectivity index is 1.85. The van der Waals surface area contributed by atoms with E-state index in [1.54, 1.807) is 6.07 Å². The molecule has 1 aliphatic rings. The van der Waals surface area contributed by atoms with E-state index in [4.69, 9.17) is 0 Å². The highest BCUT2D eigenvalue weighted by Crippen LogP contribution is 2.32. The number of hydrogen-bond acceptors (Lipinski definition) is 2. The maximum Gasteiger partial charge on any atom is 0.125 e. The zero-order chi connectivity index (χ0) is 11.7. The summed E-state index contributed by atoms with van der Waals surface area (Å²) in [5.41, 5.74) is 3.20. The van der Waals surface area contributed by atoms with Gasteiger partial charge in [-0.25, -0.2) is 4.39 Å². The Morgan fingerprint density at radius 3 is 2.76 bits per heavy atom. The van der Waals surface area contributed by atoms with Crippen LogP contribution in [0.5, 0.6) is 0 Å². The van der Waals surface area contributed by atoms with Crippen molar-refractivity contribution >= 4 is 11.4 Å². The molecule has 0 unspecified atom stereocenters. The summed E-state index contributed by atoms with van der Waals surface area (Å²) >= 11 is 0. The Hall–Kier alpha value is -2.03. The minimum absolute atomic E-state index is 0.196. The fourth-order valence-corrected chi connectivity index (χ4v) is 2.14. The first-order valence-electron chi connectivity index (χ1n) is 5.65. The van der Waals surface area contributed by atoms with Crippen LogP contribution in [0.3, 0.4) is 0 Å². The van der Waals surface area contributed by atoms with E-state index in [1.165, 1.54) is 11.6 Å². The van der Waals surface area contributed by atoms with E-state index in [-0.39, 0.29) is 5.82 Å². The Kier molecular flexibility index (Phi) is 2.44. The van der Waals surface area contributed by atoms with E-state index < -0.39 is 0 Å². The van der Waals surface area contributed by atoms with Gasteiger partial charge in [-0.15, -0.1) is 0 Å². The molecular weight excluding hydrogens is 215 g/mol. The first-order chi connectivity index (χ1) is 8.33. The highest BCUT2D eigenvalue weighted by molar-refractivity contribution is 5.74. The molecule has 0 amide bonds. The molecule has 86 valence electrons. The Labute approximate surface area is 99.7 Å². The van der Waals surface area contributed by atoms with Gasteiger partial charge in [0, 0.05) is 6.54 Å². The topological polar surface area (TPSA) is 15.3 Å². The molecule has 0 spiro atoms. The van der Waals surface area contributed by atoms with Gasteiger partial charge in [-0.05, 0) is 23.8 Å². The fraction of sp³-hybridized carbons (Fsp3) is 0.143. The van der Waals surface area contributed by atoms with E-state index in [0.717, 1.165) is 24.6 Å². The zero-order valence-corrected chi connectivity index (χ0v) is 9.36. The highest BCUT2D eigenvalue weighted by atomic mass is 19.1. The van der Waals surface area contributed by atoms with Gasteiger partial charge in [-0.1, -0.05) is 30.3 Å². The molecular formula is C14H13FN2. The average molecular weight is 228 g/mol. The van der Waals surface area contributed by atoms with Crippen molar-refractivity contribution in [2.75, 3.05) is 16.9 Å². The van der Waals surface area contributed by atoms with E-state index in [0.29, 0.717) is 0 Å². The number of benzene rings is 2. The summed E-state index contributed by atoms with van der Waals surface area (Å²) in [7, 11) is 0. The van der Waals surface area contributed by atoms with Gasteiger partial charge in [-0.2, -0.15) is 0 Å². The standard InChI is InChI=1S/C14H13FN2/c15-12-6-7-14-13(8-12)16-10-17(14)9-11-4-2-1-3-5-11/h1-8,16H,9-10H2. The van der Waals surface area contributed by atoms with Crippen molar-refractivity contribution in [3.05, 3.63) is 59.9 Å². The second-order valence-corrected chi connectivity index (χ2v) is 4.18. The van der Waals surface area contributed by atoms with E-state index in [1.807, 2.05) is 24.3 Å². The molecule has 0 aromatic heterocycles. The van der Waals surface area contributed by atoms with Gasteiger partial charge in [0.15, 0.2) is 0 Å². The number of hydrogen-bond donors (Lipinski definition) is 1. The second-order valence-electron chi connectivity index (χ2n) is 4.18. The van der Waals surface area contributed by atoms with Gasteiger partial charge in [0.1, 0.15) is 5.82 Å². The van der Waals surface area contributed by atoms with Crippen LogP contribution in [0, 0.1) is 5.82 Å². The Morgan fingerprint density at radius 2 is 1.94 bits per heavy atom. The third kappa shape index (κ3) is 1.96. The van der Waals surface area contributed by atoms with Crippen LogP contribution in [-0.4, -0.2) is 6.67 Å². The van der Waals surface area contributed by atoms with Crippen LogP contribution >= 0.6 is 0 Å². The molecule has 2 aromatic carbocycles. The lowest BCUT2D eigenvalue weighted by Gasteiger charge is -2.17. The van der Waals surface area contributed by atoms with Crippen LogP contribution in [0.1, 0.15) is 5.56 Å². The molecule has 2 aromatic rings. The van der Waals surface area contributed by atoms with Crippen molar-refractivity contribution < 1.29 is 4.39 Å². The van der Waals surface area contributed by atoms with Crippen LogP contribution in [0.2, 0.25) is 0 Å². The lowest BCUT2D eigenvalue weighted by molar-refractivity contribution is 0.628. The minimum Gasteiger partial charge on any atom is -0.366 e. The molecule has 3 rings (SSSR count). The smallest absolute Gasteiger partial charge is 0.125 e. The van der Waals surface area contributed by atoms with Crippen molar-refractivity contribution in [2.24, 2.45) is 0 Å². The van der Waals surface area contributed by atoms with Gasteiger partial charge >= 0.3 is 0 Å². The normalized spacial score (nSPS) is 13.4. The summed E-state index contributed by atoms with van der Waals surface area (Å²) in [6.45, 7) is 1.57. The summed E-state index contributed by atoms with van der Waals surface area (Å²) in [6, 6.07) is 15.1. The van der Waals surface area contributed by atoms with Crippen LogP contribution in [0.4, 0.5) is 15.8 Å². The summed E-state index contributed by atoms with van der Waals surface area (Å²) in [5.74, 6) is -0.196. The van der Waals surface area contributed by atoms with Gasteiger partial charge in [0.05, 0.1) is 18.0 Å². The average Bonchev–Trinajstić information content (AvgIpc) is 2.73. The number of nitrogens with zero attached hydrogens (tertiary/aromatic N) is 1. The van der Waals surface area contributed by atoms with Gasteiger partial charge in [0.25, 0.3) is 0 Å². The molecule has 3 heteroatoms. The zero-order valence-electron chi connectivity index (χ0n) is 9.36. The predicted molar refractivity (Wildman–Crippen MR) is 67.5 cm³/mol. The molecule has 1 N–H and O–H groups in total. The lowest BCUT2D eigenvalue weighted by atomic mass is 10.2.